The number of carboxylic acid groups (broad SMARTS) is 1. The van der Waals surface area contributed by atoms with Crippen LogP contribution in [-0.4, -0.2) is 29.9 Å². The Kier molecular flexibility index (Phi) is 5.86. The van der Waals surface area contributed by atoms with Crippen LogP contribution in [0.15, 0.2) is 12.7 Å². The normalized spacial score (nSPS) is 10.8. The summed E-state index contributed by atoms with van der Waals surface area (Å²) in [5.74, 6) is -1.70. The van der Waals surface area contributed by atoms with Gasteiger partial charge in [-0.15, -0.1) is 0 Å². The molecule has 0 rings (SSSR count). The van der Waals surface area contributed by atoms with Gasteiger partial charge in [-0.05, 0) is 13.0 Å². The van der Waals surface area contributed by atoms with Gasteiger partial charge in [-0.1, -0.05) is 6.58 Å². The first-order valence-electron chi connectivity index (χ1n) is 3.10. The molecule has 70 valence electrons. The van der Waals surface area contributed by atoms with Gasteiger partial charge in [-0.3, -0.25) is 4.79 Å². The summed E-state index contributed by atoms with van der Waals surface area (Å²) in [7, 11) is 1.38. The molecule has 0 aliphatic rings. The third kappa shape index (κ3) is 3.16. The van der Waals surface area contributed by atoms with Crippen LogP contribution in [0.1, 0.15) is 6.92 Å². The van der Waals surface area contributed by atoms with E-state index in [0.717, 1.165) is 11.0 Å². The van der Waals surface area contributed by atoms with E-state index in [0.29, 0.717) is 0 Å². The number of aliphatic carboxylic acids is 1. The summed E-state index contributed by atoms with van der Waals surface area (Å²) < 4.78 is 0. The number of nitrogens with zero attached hydrogens (tertiary/aromatic N) is 1. The van der Waals surface area contributed by atoms with Crippen LogP contribution in [0, 0.1) is 0 Å². The van der Waals surface area contributed by atoms with Gasteiger partial charge in [0.05, 0.1) is 12.0 Å². The molecule has 5 nitrogen and oxygen atoms in total. The molecule has 0 heterocycles. The van der Waals surface area contributed by atoms with Gasteiger partial charge < -0.3 is 21.0 Å². The molecule has 0 bridgehead atoms. The SMILES string of the molecule is C=CC(=O)N(C)[C@@H](C)C(=O)[O-].[NH4+]. The van der Waals surface area contributed by atoms with Crippen LogP contribution in [0.5, 0.6) is 0 Å². The second-order valence-electron chi connectivity index (χ2n) is 2.15. The number of carbonyl (C=O) groups is 2. The minimum atomic E-state index is -1.28. The molecular weight excluding hydrogens is 160 g/mol. The van der Waals surface area contributed by atoms with Crippen LogP contribution >= 0.6 is 0 Å². The third-order valence-electron chi connectivity index (χ3n) is 1.44. The van der Waals surface area contributed by atoms with E-state index in [2.05, 4.69) is 6.58 Å². The maximum absolute atomic E-state index is 10.8. The number of carboxylic acids is 1. The monoisotopic (exact) mass is 174 g/mol. The molecule has 0 unspecified atom stereocenters. The zero-order valence-electron chi connectivity index (χ0n) is 7.53. The minimum absolute atomic E-state index is 0. The maximum Gasteiger partial charge on any atom is 0.246 e. The zero-order valence-corrected chi connectivity index (χ0v) is 7.53. The van der Waals surface area contributed by atoms with Gasteiger partial charge in [0, 0.05) is 7.05 Å². The van der Waals surface area contributed by atoms with Gasteiger partial charge in [-0.2, -0.15) is 0 Å². The first-order chi connectivity index (χ1) is 5.00. The minimum Gasteiger partial charge on any atom is -0.548 e. The lowest BCUT2D eigenvalue weighted by atomic mass is 10.3. The number of quaternary nitrogens is 1. The molecule has 0 radical (unpaired) electrons. The van der Waals surface area contributed by atoms with Crippen molar-refractivity contribution in [2.24, 2.45) is 0 Å². The number of amides is 1. The van der Waals surface area contributed by atoms with Crippen molar-refractivity contribution in [1.29, 1.82) is 0 Å². The number of carbonyl (C=O) groups excluding carboxylic acids is 2. The van der Waals surface area contributed by atoms with Crippen LogP contribution in [0.2, 0.25) is 0 Å². The Morgan fingerprint density at radius 3 is 2.25 bits per heavy atom. The molecule has 1 amide bonds. The fraction of sp³-hybridized carbons (Fsp3) is 0.429. The number of likely N-dealkylation sites (N-methyl/N-ethyl adjacent to an activating group) is 1. The lowest BCUT2D eigenvalue weighted by molar-refractivity contribution is -0.310. The predicted molar refractivity (Wildman–Crippen MR) is 43.4 cm³/mol. The molecule has 1 atom stereocenters. The van der Waals surface area contributed by atoms with Gasteiger partial charge in [0.25, 0.3) is 0 Å². The summed E-state index contributed by atoms with van der Waals surface area (Å²) in [6, 6.07) is -0.916. The van der Waals surface area contributed by atoms with E-state index >= 15 is 0 Å². The van der Waals surface area contributed by atoms with E-state index < -0.39 is 17.9 Å². The molecule has 5 heteroatoms. The van der Waals surface area contributed by atoms with Crippen LogP contribution < -0.4 is 11.3 Å². The summed E-state index contributed by atoms with van der Waals surface area (Å²) >= 11 is 0. The van der Waals surface area contributed by atoms with Crippen LogP contribution in [0.3, 0.4) is 0 Å². The highest BCUT2D eigenvalue weighted by Crippen LogP contribution is 1.94. The number of rotatable bonds is 3. The average molecular weight is 174 g/mol. The Morgan fingerprint density at radius 1 is 1.58 bits per heavy atom. The second-order valence-corrected chi connectivity index (χ2v) is 2.15. The lowest BCUT2D eigenvalue weighted by Crippen LogP contribution is -2.46. The molecule has 0 aromatic rings. The van der Waals surface area contributed by atoms with Crippen LogP contribution in [-0.2, 0) is 9.59 Å². The van der Waals surface area contributed by atoms with E-state index in [1.54, 1.807) is 0 Å². The molecule has 0 aromatic heterocycles. The quantitative estimate of drug-likeness (QED) is 0.564. The van der Waals surface area contributed by atoms with Gasteiger partial charge in [0.2, 0.25) is 5.91 Å². The predicted octanol–water partition coefficient (Wildman–Crippen LogP) is -0.855. The van der Waals surface area contributed by atoms with E-state index in [4.69, 9.17) is 0 Å². The third-order valence-corrected chi connectivity index (χ3v) is 1.44. The van der Waals surface area contributed by atoms with Gasteiger partial charge in [0.15, 0.2) is 0 Å². The fourth-order valence-corrected chi connectivity index (χ4v) is 0.493. The van der Waals surface area contributed by atoms with Crippen molar-refractivity contribution in [2.75, 3.05) is 7.05 Å². The van der Waals surface area contributed by atoms with Crippen molar-refractivity contribution >= 4 is 11.9 Å². The van der Waals surface area contributed by atoms with E-state index in [-0.39, 0.29) is 6.15 Å². The average Bonchev–Trinajstić information content (AvgIpc) is 2.00. The molecule has 0 aromatic carbocycles. The van der Waals surface area contributed by atoms with Gasteiger partial charge in [-0.25, -0.2) is 0 Å². The molecule has 0 spiro atoms. The van der Waals surface area contributed by atoms with Crippen molar-refractivity contribution in [3.63, 3.8) is 0 Å². The number of hydrogen-bond donors (Lipinski definition) is 1. The summed E-state index contributed by atoms with van der Waals surface area (Å²) in [6.07, 6.45) is 1.06. The van der Waals surface area contributed by atoms with Gasteiger partial charge >= 0.3 is 0 Å². The maximum atomic E-state index is 10.8. The van der Waals surface area contributed by atoms with Gasteiger partial charge in [0.1, 0.15) is 0 Å². The first-order valence-corrected chi connectivity index (χ1v) is 3.10. The Balaban J connectivity index is 0. The van der Waals surface area contributed by atoms with Crippen molar-refractivity contribution in [1.82, 2.24) is 11.1 Å². The molecule has 0 aliphatic heterocycles. The Morgan fingerprint density at radius 2 is 2.00 bits per heavy atom. The van der Waals surface area contributed by atoms with E-state index in [1.165, 1.54) is 14.0 Å². The standard InChI is InChI=1S/C7H11NO3.H3N/c1-4-6(9)8(3)5(2)7(10)11;/h4-5H,1H2,2-3H3,(H,10,11);1H3/t5-;/m0./s1. The topological polar surface area (TPSA) is 96.9 Å². The van der Waals surface area contributed by atoms with E-state index in [9.17, 15) is 14.7 Å². The van der Waals surface area contributed by atoms with Crippen molar-refractivity contribution in [2.45, 2.75) is 13.0 Å². The Hall–Kier alpha value is -1.36. The molecule has 0 saturated carbocycles. The second kappa shape index (κ2) is 5.31. The van der Waals surface area contributed by atoms with Crippen molar-refractivity contribution in [3.05, 3.63) is 12.7 Å². The van der Waals surface area contributed by atoms with Crippen molar-refractivity contribution in [3.8, 4) is 0 Å². The molecule has 0 fully saturated rings. The zero-order chi connectivity index (χ0) is 9.02. The van der Waals surface area contributed by atoms with Crippen LogP contribution in [0.4, 0.5) is 0 Å². The van der Waals surface area contributed by atoms with Crippen LogP contribution in [0.25, 0.3) is 0 Å². The Bertz CT molecular complexity index is 191. The molecule has 0 saturated heterocycles. The first kappa shape index (κ1) is 13.2. The molecule has 4 N–H and O–H groups in total. The summed E-state index contributed by atoms with van der Waals surface area (Å²) in [6.45, 7) is 4.59. The number of hydrogen-bond acceptors (Lipinski definition) is 3. The lowest BCUT2D eigenvalue weighted by Gasteiger charge is -2.23. The molecule has 12 heavy (non-hydrogen) atoms. The summed E-state index contributed by atoms with van der Waals surface area (Å²) in [4.78, 5) is 22.0. The van der Waals surface area contributed by atoms with E-state index in [1.807, 2.05) is 0 Å². The summed E-state index contributed by atoms with van der Waals surface area (Å²) in [5.41, 5.74) is 0. The Labute approximate surface area is 71.3 Å². The smallest absolute Gasteiger partial charge is 0.246 e. The highest BCUT2D eigenvalue weighted by atomic mass is 16.4. The fourth-order valence-electron chi connectivity index (χ4n) is 0.493. The summed E-state index contributed by atoms with van der Waals surface area (Å²) in [5, 5.41) is 10.2. The molecule has 0 aliphatic carbocycles. The largest absolute Gasteiger partial charge is 0.548 e. The highest BCUT2D eigenvalue weighted by Gasteiger charge is 2.12. The highest BCUT2D eigenvalue weighted by molar-refractivity contribution is 5.89. The van der Waals surface area contributed by atoms with Crippen molar-refractivity contribution < 1.29 is 14.7 Å². The molecular formula is C7H14N2O3.